The van der Waals surface area contributed by atoms with Crippen molar-refractivity contribution in [3.05, 3.63) is 41.3 Å². The highest BCUT2D eigenvalue weighted by Gasteiger charge is 2.16. The van der Waals surface area contributed by atoms with Crippen molar-refractivity contribution in [1.29, 1.82) is 0 Å². The van der Waals surface area contributed by atoms with E-state index in [9.17, 15) is 9.00 Å². The van der Waals surface area contributed by atoms with E-state index in [1.54, 1.807) is 0 Å². The molecule has 0 saturated heterocycles. The molecule has 0 spiro atoms. The molecule has 0 radical (unpaired) electrons. The molecule has 1 N–H and O–H groups in total. The summed E-state index contributed by atoms with van der Waals surface area (Å²) in [4.78, 5) is 16.4. The van der Waals surface area contributed by atoms with Crippen LogP contribution in [0.15, 0.2) is 28.7 Å². The summed E-state index contributed by atoms with van der Waals surface area (Å²) in [5, 5.41) is 2.85. The van der Waals surface area contributed by atoms with Crippen LogP contribution in [0.2, 0.25) is 0 Å². The molecule has 2 rings (SSSR count). The lowest BCUT2D eigenvalue weighted by molar-refractivity contribution is -0.118. The van der Waals surface area contributed by atoms with Gasteiger partial charge >= 0.3 is 0 Å². The largest absolute Gasteiger partial charge is 0.441 e. The molecule has 0 aliphatic heterocycles. The molecule has 0 saturated carbocycles. The standard InChI is InChI=1S/C21H30N2O3S2/c1-4-5-12-27-13-6-11-22-20(24)15-28(25)14-19-17(3)26-21(23-19)18-9-7-16(2)8-10-18/h7-10H,4-6,11-15H2,1-3H3,(H,22,24). The van der Waals surface area contributed by atoms with Gasteiger partial charge in [-0.3, -0.25) is 9.00 Å². The Kier molecular flexibility index (Phi) is 9.78. The van der Waals surface area contributed by atoms with Crippen molar-refractivity contribution >= 4 is 28.5 Å². The second-order valence-electron chi connectivity index (χ2n) is 6.79. The van der Waals surface area contributed by atoms with E-state index in [1.807, 2.05) is 49.9 Å². The Balaban J connectivity index is 1.75. The number of rotatable bonds is 12. The van der Waals surface area contributed by atoms with Gasteiger partial charge in [-0.25, -0.2) is 4.98 Å². The number of nitrogens with one attached hydrogen (secondary N) is 1. The number of hydrogen-bond donors (Lipinski definition) is 1. The van der Waals surface area contributed by atoms with Crippen molar-refractivity contribution in [2.75, 3.05) is 23.8 Å². The molecule has 0 aliphatic rings. The van der Waals surface area contributed by atoms with Crippen LogP contribution >= 0.6 is 11.8 Å². The summed E-state index contributed by atoms with van der Waals surface area (Å²) >= 11 is 1.92. The highest BCUT2D eigenvalue weighted by molar-refractivity contribution is 7.99. The van der Waals surface area contributed by atoms with Gasteiger partial charge in [0, 0.05) is 22.9 Å². The summed E-state index contributed by atoms with van der Waals surface area (Å²) < 4.78 is 18.1. The van der Waals surface area contributed by atoms with Crippen LogP contribution in [0.4, 0.5) is 0 Å². The first-order valence-electron chi connectivity index (χ1n) is 9.72. The lowest BCUT2D eigenvalue weighted by atomic mass is 10.1. The Morgan fingerprint density at radius 1 is 1.18 bits per heavy atom. The van der Waals surface area contributed by atoms with Gasteiger partial charge in [-0.15, -0.1) is 0 Å². The summed E-state index contributed by atoms with van der Waals surface area (Å²) in [5.74, 6) is 3.44. The first-order valence-corrected chi connectivity index (χ1v) is 12.4. The SMILES string of the molecule is CCCCSCCCNC(=O)CS(=O)Cc1nc(-c2ccc(C)cc2)oc1C. The van der Waals surface area contributed by atoms with Crippen molar-refractivity contribution in [3.63, 3.8) is 0 Å². The predicted molar refractivity (Wildman–Crippen MR) is 118 cm³/mol. The molecular weight excluding hydrogens is 392 g/mol. The molecule has 1 atom stereocenters. The fourth-order valence-electron chi connectivity index (χ4n) is 2.53. The molecular formula is C21H30N2O3S2. The van der Waals surface area contributed by atoms with Crippen molar-refractivity contribution < 1.29 is 13.4 Å². The van der Waals surface area contributed by atoms with E-state index >= 15 is 0 Å². The van der Waals surface area contributed by atoms with Crippen LogP contribution in [0.5, 0.6) is 0 Å². The first kappa shape index (κ1) is 22.7. The lowest BCUT2D eigenvalue weighted by Gasteiger charge is -2.05. The minimum atomic E-state index is -1.31. The average molecular weight is 423 g/mol. The molecule has 7 heteroatoms. The number of amides is 1. The van der Waals surface area contributed by atoms with Gasteiger partial charge in [0.25, 0.3) is 0 Å². The molecule has 5 nitrogen and oxygen atoms in total. The molecule has 1 unspecified atom stereocenters. The minimum absolute atomic E-state index is 0.00482. The van der Waals surface area contributed by atoms with Crippen LogP contribution in [0.1, 0.15) is 43.2 Å². The second-order valence-corrected chi connectivity index (χ2v) is 9.47. The number of aryl methyl sites for hydroxylation is 2. The second kappa shape index (κ2) is 12.1. The van der Waals surface area contributed by atoms with Gasteiger partial charge < -0.3 is 9.73 Å². The molecule has 28 heavy (non-hydrogen) atoms. The van der Waals surface area contributed by atoms with Gasteiger partial charge in [0.1, 0.15) is 11.5 Å². The molecule has 0 aliphatic carbocycles. The Hall–Kier alpha value is -1.60. The maximum Gasteiger partial charge on any atom is 0.232 e. The van der Waals surface area contributed by atoms with E-state index in [0.717, 1.165) is 17.7 Å². The van der Waals surface area contributed by atoms with Crippen molar-refractivity contribution in [2.24, 2.45) is 0 Å². The maximum atomic E-state index is 12.3. The highest BCUT2D eigenvalue weighted by Crippen LogP contribution is 2.22. The first-order chi connectivity index (χ1) is 13.5. The molecule has 1 amide bonds. The van der Waals surface area contributed by atoms with Gasteiger partial charge in [-0.05, 0) is 50.3 Å². The number of benzene rings is 1. The molecule has 1 aromatic heterocycles. The Bertz CT molecular complexity index is 772. The number of carbonyl (C=O) groups is 1. The van der Waals surface area contributed by atoms with Gasteiger partial charge in [-0.2, -0.15) is 11.8 Å². The third-order valence-electron chi connectivity index (χ3n) is 4.21. The van der Waals surface area contributed by atoms with E-state index in [4.69, 9.17) is 4.42 Å². The van der Waals surface area contributed by atoms with E-state index in [2.05, 4.69) is 17.2 Å². The smallest absolute Gasteiger partial charge is 0.232 e. The van der Waals surface area contributed by atoms with Gasteiger partial charge in [0.15, 0.2) is 0 Å². The number of carbonyl (C=O) groups excluding carboxylic acids is 1. The molecule has 0 fully saturated rings. The Morgan fingerprint density at radius 2 is 1.89 bits per heavy atom. The van der Waals surface area contributed by atoms with Crippen LogP contribution in [0, 0.1) is 13.8 Å². The monoisotopic (exact) mass is 422 g/mol. The van der Waals surface area contributed by atoms with Crippen LogP contribution in [0.3, 0.4) is 0 Å². The van der Waals surface area contributed by atoms with Crippen LogP contribution in [-0.4, -0.2) is 38.9 Å². The molecule has 1 aromatic carbocycles. The Labute approximate surface area is 174 Å². The fourth-order valence-corrected chi connectivity index (χ4v) is 4.65. The minimum Gasteiger partial charge on any atom is -0.441 e. The van der Waals surface area contributed by atoms with Crippen LogP contribution < -0.4 is 5.32 Å². The van der Waals surface area contributed by atoms with E-state index in [-0.39, 0.29) is 17.4 Å². The molecule has 154 valence electrons. The summed E-state index contributed by atoms with van der Waals surface area (Å²) in [7, 11) is -1.31. The maximum absolute atomic E-state index is 12.3. The molecule has 1 heterocycles. The van der Waals surface area contributed by atoms with Crippen LogP contribution in [0.25, 0.3) is 11.5 Å². The van der Waals surface area contributed by atoms with E-state index in [1.165, 1.54) is 24.2 Å². The summed E-state index contributed by atoms with van der Waals surface area (Å²) in [5.41, 5.74) is 2.70. The van der Waals surface area contributed by atoms with E-state index < -0.39 is 10.8 Å². The van der Waals surface area contributed by atoms with Crippen molar-refractivity contribution in [2.45, 2.75) is 45.8 Å². The number of thioether (sulfide) groups is 1. The average Bonchev–Trinajstić information content (AvgIpc) is 3.01. The third-order valence-corrected chi connectivity index (χ3v) is 6.55. The zero-order valence-electron chi connectivity index (χ0n) is 17.0. The summed E-state index contributed by atoms with van der Waals surface area (Å²) in [6.07, 6.45) is 3.39. The normalized spacial score (nSPS) is 12.1. The fraction of sp³-hybridized carbons (Fsp3) is 0.524. The lowest BCUT2D eigenvalue weighted by Crippen LogP contribution is -2.29. The number of oxazole rings is 1. The van der Waals surface area contributed by atoms with Crippen LogP contribution in [-0.2, 0) is 21.3 Å². The molecule has 0 bridgehead atoms. The van der Waals surface area contributed by atoms with Crippen molar-refractivity contribution in [1.82, 2.24) is 10.3 Å². The Morgan fingerprint density at radius 3 is 2.61 bits per heavy atom. The van der Waals surface area contributed by atoms with Gasteiger partial charge in [-0.1, -0.05) is 31.0 Å². The van der Waals surface area contributed by atoms with Gasteiger partial charge in [0.2, 0.25) is 11.8 Å². The quantitative estimate of drug-likeness (QED) is 0.518. The third kappa shape index (κ3) is 7.80. The van der Waals surface area contributed by atoms with E-state index in [0.29, 0.717) is 23.9 Å². The summed E-state index contributed by atoms with van der Waals surface area (Å²) in [6.45, 7) is 6.66. The number of aromatic nitrogens is 1. The highest BCUT2D eigenvalue weighted by atomic mass is 32.2. The number of nitrogens with zero attached hydrogens (tertiary/aromatic N) is 1. The topological polar surface area (TPSA) is 72.2 Å². The zero-order chi connectivity index (χ0) is 20.4. The number of unbranched alkanes of at least 4 members (excludes halogenated alkanes) is 1. The molecule has 2 aromatic rings. The van der Waals surface area contributed by atoms with Gasteiger partial charge in [0.05, 0.1) is 11.4 Å². The summed E-state index contributed by atoms with van der Waals surface area (Å²) in [6, 6.07) is 7.91. The predicted octanol–water partition coefficient (Wildman–Crippen LogP) is 4.25. The zero-order valence-corrected chi connectivity index (χ0v) is 18.6. The number of hydrogen-bond acceptors (Lipinski definition) is 5. The van der Waals surface area contributed by atoms with Crippen molar-refractivity contribution in [3.8, 4) is 11.5 Å².